The molecule has 0 unspecified atom stereocenters. The highest BCUT2D eigenvalue weighted by Crippen LogP contribution is 2.27. The van der Waals surface area contributed by atoms with Crippen molar-refractivity contribution >= 4 is 15.7 Å². The summed E-state index contributed by atoms with van der Waals surface area (Å²) in [6.45, 7) is 0. The van der Waals surface area contributed by atoms with Crippen LogP contribution >= 0.6 is 0 Å². The normalized spacial score (nSPS) is 11.3. The second-order valence-corrected chi connectivity index (χ2v) is 5.47. The zero-order valence-electron chi connectivity index (χ0n) is 9.77. The number of para-hydroxylation sites is 1. The number of hydrogen-bond acceptors (Lipinski definition) is 3. The summed E-state index contributed by atoms with van der Waals surface area (Å²) >= 11 is 0. The summed E-state index contributed by atoms with van der Waals surface area (Å²) in [5.74, 6) is -4.56. The van der Waals surface area contributed by atoms with Gasteiger partial charge in [0.05, 0.1) is 0 Å². The van der Waals surface area contributed by atoms with Crippen molar-refractivity contribution in [2.75, 3.05) is 4.72 Å². The molecule has 0 spiro atoms. The number of phenols is 1. The first-order valence-electron chi connectivity index (χ1n) is 5.26. The van der Waals surface area contributed by atoms with E-state index in [0.29, 0.717) is 12.1 Å². The van der Waals surface area contributed by atoms with Crippen LogP contribution in [0, 0.1) is 17.5 Å². The molecule has 0 atom stereocenters. The summed E-state index contributed by atoms with van der Waals surface area (Å²) < 4.78 is 65.0. The van der Waals surface area contributed by atoms with Crippen LogP contribution in [0.3, 0.4) is 0 Å². The summed E-state index contributed by atoms with van der Waals surface area (Å²) in [6, 6.07) is 5.54. The van der Waals surface area contributed by atoms with Gasteiger partial charge in [-0.25, -0.2) is 21.6 Å². The van der Waals surface area contributed by atoms with E-state index in [2.05, 4.69) is 0 Å². The Morgan fingerprint density at radius 2 is 1.55 bits per heavy atom. The van der Waals surface area contributed by atoms with Crippen molar-refractivity contribution in [3.8, 4) is 5.75 Å². The van der Waals surface area contributed by atoms with Gasteiger partial charge in [-0.05, 0) is 12.1 Å². The van der Waals surface area contributed by atoms with Crippen LogP contribution in [-0.4, -0.2) is 13.5 Å². The number of phenolic OH excluding ortho intramolecular Hbond substituents is 1. The molecule has 0 amide bonds. The number of hydrogen-bond donors (Lipinski definition) is 2. The third-order valence-corrected chi connectivity index (χ3v) is 3.80. The Morgan fingerprint density at radius 1 is 1.00 bits per heavy atom. The molecule has 4 nitrogen and oxygen atoms in total. The lowest BCUT2D eigenvalue weighted by Gasteiger charge is -2.10. The Morgan fingerprint density at radius 3 is 2.10 bits per heavy atom. The molecule has 8 heteroatoms. The summed E-state index contributed by atoms with van der Waals surface area (Å²) in [5.41, 5.74) is -1.02. The molecule has 2 aromatic carbocycles. The zero-order valence-corrected chi connectivity index (χ0v) is 10.6. The van der Waals surface area contributed by atoms with Gasteiger partial charge in [0.25, 0.3) is 10.0 Å². The maximum absolute atomic E-state index is 13.4. The molecule has 2 rings (SSSR count). The van der Waals surface area contributed by atoms with Gasteiger partial charge in [-0.15, -0.1) is 0 Å². The van der Waals surface area contributed by atoms with Crippen molar-refractivity contribution in [3.63, 3.8) is 0 Å². The van der Waals surface area contributed by atoms with E-state index in [0.717, 1.165) is 12.1 Å². The molecule has 2 aromatic rings. The average molecular weight is 303 g/mol. The average Bonchev–Trinajstić information content (AvgIpc) is 2.34. The highest BCUT2D eigenvalue weighted by atomic mass is 32.2. The highest BCUT2D eigenvalue weighted by Gasteiger charge is 2.22. The van der Waals surface area contributed by atoms with Gasteiger partial charge in [-0.2, -0.15) is 0 Å². The monoisotopic (exact) mass is 303 g/mol. The zero-order chi connectivity index (χ0) is 14.9. The standard InChI is InChI=1S/C12H8F3NO3S/c13-7-5-8(14)12(9(15)6-7)16-20(18,19)11-4-2-1-3-10(11)17/h1-6,16-17H. The number of halogens is 3. The molecule has 0 saturated carbocycles. The van der Waals surface area contributed by atoms with Crippen molar-refractivity contribution in [1.29, 1.82) is 0 Å². The van der Waals surface area contributed by atoms with Crippen LogP contribution in [0.15, 0.2) is 41.3 Å². The quantitative estimate of drug-likeness (QED) is 0.916. The van der Waals surface area contributed by atoms with Crippen molar-refractivity contribution in [3.05, 3.63) is 53.8 Å². The van der Waals surface area contributed by atoms with Crippen LogP contribution in [0.25, 0.3) is 0 Å². The molecule has 0 aliphatic heterocycles. The van der Waals surface area contributed by atoms with Crippen molar-refractivity contribution < 1.29 is 26.7 Å². The SMILES string of the molecule is O=S(=O)(Nc1c(F)cc(F)cc1F)c1ccccc1O. The number of rotatable bonds is 3. The predicted molar refractivity (Wildman–Crippen MR) is 65.2 cm³/mol. The number of anilines is 1. The lowest BCUT2D eigenvalue weighted by molar-refractivity contribution is 0.459. The molecule has 0 aromatic heterocycles. The van der Waals surface area contributed by atoms with Crippen LogP contribution in [0.2, 0.25) is 0 Å². The Kier molecular flexibility index (Phi) is 3.58. The lowest BCUT2D eigenvalue weighted by Crippen LogP contribution is -2.15. The molecule has 20 heavy (non-hydrogen) atoms. The van der Waals surface area contributed by atoms with Gasteiger partial charge in [0, 0.05) is 12.1 Å². The smallest absolute Gasteiger partial charge is 0.265 e. The third kappa shape index (κ3) is 2.69. The minimum atomic E-state index is -4.40. The van der Waals surface area contributed by atoms with Gasteiger partial charge in [0.2, 0.25) is 0 Å². The lowest BCUT2D eigenvalue weighted by atomic mass is 10.3. The van der Waals surface area contributed by atoms with Crippen LogP contribution in [0.4, 0.5) is 18.9 Å². The fraction of sp³-hybridized carbons (Fsp3) is 0. The molecule has 0 heterocycles. The fourth-order valence-electron chi connectivity index (χ4n) is 1.51. The minimum Gasteiger partial charge on any atom is -0.507 e. The molecule has 0 bridgehead atoms. The van der Waals surface area contributed by atoms with E-state index >= 15 is 0 Å². The van der Waals surface area contributed by atoms with Crippen molar-refractivity contribution in [2.24, 2.45) is 0 Å². The predicted octanol–water partition coefficient (Wildman–Crippen LogP) is 2.61. The Balaban J connectivity index is 2.47. The Bertz CT molecular complexity index is 739. The van der Waals surface area contributed by atoms with Crippen molar-refractivity contribution in [2.45, 2.75) is 4.90 Å². The molecule has 0 radical (unpaired) electrons. The van der Waals surface area contributed by atoms with Gasteiger partial charge >= 0.3 is 0 Å². The van der Waals surface area contributed by atoms with Crippen LogP contribution in [0.1, 0.15) is 0 Å². The first kappa shape index (κ1) is 14.2. The molecule has 0 aliphatic rings. The largest absolute Gasteiger partial charge is 0.507 e. The molecule has 106 valence electrons. The van der Waals surface area contributed by atoms with E-state index in [1.807, 2.05) is 0 Å². The van der Waals surface area contributed by atoms with Crippen LogP contribution < -0.4 is 4.72 Å². The van der Waals surface area contributed by atoms with Gasteiger partial charge in [0.1, 0.15) is 22.1 Å². The number of aromatic hydroxyl groups is 1. The van der Waals surface area contributed by atoms with Gasteiger partial charge in [-0.1, -0.05) is 12.1 Å². The van der Waals surface area contributed by atoms with E-state index in [1.54, 1.807) is 4.72 Å². The molecule has 0 fully saturated rings. The number of sulfonamides is 1. The topological polar surface area (TPSA) is 66.4 Å². The Labute approximate surface area is 112 Å². The molecular formula is C12H8F3NO3S. The third-order valence-electron chi connectivity index (χ3n) is 2.40. The summed E-state index contributed by atoms with van der Waals surface area (Å²) in [6.07, 6.45) is 0. The maximum atomic E-state index is 13.4. The van der Waals surface area contributed by atoms with Crippen molar-refractivity contribution in [1.82, 2.24) is 0 Å². The van der Waals surface area contributed by atoms with Crippen LogP contribution in [0.5, 0.6) is 5.75 Å². The Hall–Kier alpha value is -2.22. The van der Waals surface area contributed by atoms with Gasteiger partial charge in [0.15, 0.2) is 11.6 Å². The first-order valence-corrected chi connectivity index (χ1v) is 6.75. The highest BCUT2D eigenvalue weighted by molar-refractivity contribution is 7.92. The second kappa shape index (κ2) is 5.04. The summed E-state index contributed by atoms with van der Waals surface area (Å²) in [5, 5.41) is 9.44. The van der Waals surface area contributed by atoms with E-state index < -0.39 is 43.8 Å². The summed E-state index contributed by atoms with van der Waals surface area (Å²) in [4.78, 5) is -0.553. The molecule has 2 N–H and O–H groups in total. The van der Waals surface area contributed by atoms with E-state index in [-0.39, 0.29) is 0 Å². The van der Waals surface area contributed by atoms with Gasteiger partial charge in [-0.3, -0.25) is 4.72 Å². The first-order chi connectivity index (χ1) is 9.31. The van der Waals surface area contributed by atoms with Gasteiger partial charge < -0.3 is 5.11 Å². The van der Waals surface area contributed by atoms with Crippen LogP contribution in [-0.2, 0) is 10.0 Å². The second-order valence-electron chi connectivity index (χ2n) is 3.82. The molecule has 0 aliphatic carbocycles. The number of nitrogens with one attached hydrogen (secondary N) is 1. The fourth-order valence-corrected chi connectivity index (χ4v) is 2.69. The minimum absolute atomic E-state index is 0.339. The molecule has 0 saturated heterocycles. The summed E-state index contributed by atoms with van der Waals surface area (Å²) in [7, 11) is -4.40. The van der Waals surface area contributed by atoms with E-state index in [1.165, 1.54) is 12.1 Å². The maximum Gasteiger partial charge on any atom is 0.265 e. The molecular weight excluding hydrogens is 295 g/mol. The number of benzene rings is 2. The van der Waals surface area contributed by atoms with E-state index in [9.17, 15) is 26.7 Å². The van der Waals surface area contributed by atoms with E-state index in [4.69, 9.17) is 0 Å².